The lowest BCUT2D eigenvalue weighted by molar-refractivity contribution is 0.700. The number of para-hydroxylation sites is 1. The van der Waals surface area contributed by atoms with Gasteiger partial charge < -0.3 is 9.80 Å². The molecule has 4 aromatic rings. The Kier molecular flexibility index (Phi) is 5.99. The first kappa shape index (κ1) is 23.3. The number of fused-ring (bicyclic) bond motifs is 1. The molecule has 5 nitrogen and oxygen atoms in total. The second-order valence-corrected chi connectivity index (χ2v) is 11.0. The van der Waals surface area contributed by atoms with E-state index in [0.717, 1.165) is 49.6 Å². The molecule has 0 saturated carbocycles. The molecule has 0 radical (unpaired) electrons. The van der Waals surface area contributed by atoms with E-state index in [1.54, 1.807) is 0 Å². The zero-order valence-electron chi connectivity index (χ0n) is 22.2. The average molecular weight is 502 g/mol. The average Bonchev–Trinajstić information content (AvgIpc) is 3.75. The van der Waals surface area contributed by atoms with Crippen molar-refractivity contribution in [1.82, 2.24) is 4.98 Å². The highest BCUT2D eigenvalue weighted by Crippen LogP contribution is 2.38. The Morgan fingerprint density at radius 1 is 0.711 bits per heavy atom. The first-order chi connectivity index (χ1) is 18.7. The number of aromatic nitrogens is 1. The molecular weight excluding hydrogens is 466 g/mol. The van der Waals surface area contributed by atoms with Crippen molar-refractivity contribution >= 4 is 33.8 Å². The molecule has 0 bridgehead atoms. The van der Waals surface area contributed by atoms with Crippen LogP contribution in [0.1, 0.15) is 54.8 Å². The molecule has 38 heavy (non-hydrogen) atoms. The summed E-state index contributed by atoms with van der Waals surface area (Å²) in [5.74, 6) is 0.915. The van der Waals surface area contributed by atoms with E-state index < -0.39 is 0 Å². The Morgan fingerprint density at radius 2 is 1.32 bits per heavy atom. The van der Waals surface area contributed by atoms with Gasteiger partial charge in [0.1, 0.15) is 5.82 Å². The smallest absolute Gasteiger partial charge is 0.150 e. The van der Waals surface area contributed by atoms with Gasteiger partial charge in [-0.1, -0.05) is 42.5 Å². The van der Waals surface area contributed by atoms with Gasteiger partial charge in [0.2, 0.25) is 0 Å². The number of benzene rings is 3. The van der Waals surface area contributed by atoms with Gasteiger partial charge in [-0.2, -0.15) is 5.10 Å². The molecule has 2 fully saturated rings. The predicted molar refractivity (Wildman–Crippen MR) is 159 cm³/mol. The van der Waals surface area contributed by atoms with Gasteiger partial charge in [-0.05, 0) is 85.7 Å². The molecule has 0 spiro atoms. The fourth-order valence-corrected chi connectivity index (χ4v) is 6.33. The van der Waals surface area contributed by atoms with E-state index in [2.05, 4.69) is 101 Å². The molecule has 0 N–H and O–H groups in total. The van der Waals surface area contributed by atoms with Gasteiger partial charge >= 0.3 is 0 Å². The molecule has 5 heteroatoms. The van der Waals surface area contributed by atoms with E-state index in [-0.39, 0.29) is 6.04 Å². The van der Waals surface area contributed by atoms with Crippen molar-refractivity contribution < 1.29 is 0 Å². The molecule has 4 heterocycles. The maximum absolute atomic E-state index is 5.22. The van der Waals surface area contributed by atoms with Crippen LogP contribution in [0.25, 0.3) is 10.9 Å². The van der Waals surface area contributed by atoms with Crippen molar-refractivity contribution in [1.29, 1.82) is 0 Å². The lowest BCUT2D eigenvalue weighted by Crippen LogP contribution is -2.20. The van der Waals surface area contributed by atoms with Crippen LogP contribution >= 0.6 is 0 Å². The standard InChI is InChI=1S/C33H35N5/c1-24-22-33(34-30-9-3-2-8-29(24)30)38-32(26-12-16-28(17-13-26)37-20-6-7-21-37)23-31(35-38)25-10-14-27(15-11-25)36-18-4-5-19-36/h2-3,8-17,22,32H,4-7,18-21,23H2,1H3. The molecule has 1 aromatic heterocycles. The molecule has 1 unspecified atom stereocenters. The zero-order valence-corrected chi connectivity index (χ0v) is 22.2. The summed E-state index contributed by atoms with van der Waals surface area (Å²) in [4.78, 5) is 10.1. The normalized spacial score (nSPS) is 19.6. The Bertz CT molecular complexity index is 1460. The van der Waals surface area contributed by atoms with Gasteiger partial charge in [-0.15, -0.1) is 0 Å². The summed E-state index contributed by atoms with van der Waals surface area (Å²) in [6.07, 6.45) is 6.02. The maximum Gasteiger partial charge on any atom is 0.150 e. The molecule has 7 rings (SSSR count). The molecule has 0 aliphatic carbocycles. The second-order valence-electron chi connectivity index (χ2n) is 11.0. The number of rotatable bonds is 5. The monoisotopic (exact) mass is 501 g/mol. The van der Waals surface area contributed by atoms with Gasteiger partial charge in [-0.3, -0.25) is 0 Å². The maximum atomic E-state index is 5.22. The minimum absolute atomic E-state index is 0.115. The van der Waals surface area contributed by atoms with Crippen molar-refractivity contribution in [2.45, 2.75) is 45.1 Å². The third-order valence-electron chi connectivity index (χ3n) is 8.48. The lowest BCUT2D eigenvalue weighted by Gasteiger charge is -2.25. The van der Waals surface area contributed by atoms with Crippen LogP contribution in [0.4, 0.5) is 17.2 Å². The second kappa shape index (κ2) is 9.79. The fourth-order valence-electron chi connectivity index (χ4n) is 6.33. The quantitative estimate of drug-likeness (QED) is 0.292. The third kappa shape index (κ3) is 4.30. The van der Waals surface area contributed by atoms with Crippen LogP contribution in [0.5, 0.6) is 0 Å². The van der Waals surface area contributed by atoms with Gasteiger partial charge in [0, 0.05) is 49.4 Å². The summed E-state index contributed by atoms with van der Waals surface area (Å²) in [5, 5.41) is 8.58. The van der Waals surface area contributed by atoms with Crippen LogP contribution in [0.3, 0.4) is 0 Å². The number of nitrogens with zero attached hydrogens (tertiary/aromatic N) is 5. The zero-order chi connectivity index (χ0) is 25.5. The van der Waals surface area contributed by atoms with Crippen molar-refractivity contribution in [2.24, 2.45) is 5.10 Å². The van der Waals surface area contributed by atoms with Crippen molar-refractivity contribution in [2.75, 3.05) is 41.0 Å². The molecule has 3 aliphatic rings. The summed E-state index contributed by atoms with van der Waals surface area (Å²) < 4.78 is 0. The first-order valence-corrected chi connectivity index (χ1v) is 14.2. The molecule has 0 amide bonds. The fraction of sp³-hybridized carbons (Fsp3) is 0.333. The van der Waals surface area contributed by atoms with Gasteiger partial charge in [0.15, 0.2) is 0 Å². The minimum Gasteiger partial charge on any atom is -0.372 e. The van der Waals surface area contributed by atoms with Gasteiger partial charge in [-0.25, -0.2) is 9.99 Å². The summed E-state index contributed by atoms with van der Waals surface area (Å²) in [6, 6.07) is 28.9. The number of hydrogen-bond acceptors (Lipinski definition) is 5. The number of anilines is 3. The number of hydrazone groups is 1. The van der Waals surface area contributed by atoms with Crippen LogP contribution in [0.15, 0.2) is 84.0 Å². The van der Waals surface area contributed by atoms with Crippen LogP contribution in [0.2, 0.25) is 0 Å². The topological polar surface area (TPSA) is 35.0 Å². The van der Waals surface area contributed by atoms with Crippen LogP contribution in [-0.4, -0.2) is 36.9 Å². The Balaban J connectivity index is 1.24. The van der Waals surface area contributed by atoms with E-state index in [1.165, 1.54) is 59.1 Å². The highest BCUT2D eigenvalue weighted by atomic mass is 15.5. The third-order valence-corrected chi connectivity index (χ3v) is 8.48. The molecule has 3 aliphatic heterocycles. The number of hydrogen-bond donors (Lipinski definition) is 0. The number of aryl methyl sites for hydroxylation is 1. The Hall–Kier alpha value is -3.86. The summed E-state index contributed by atoms with van der Waals surface area (Å²) in [5.41, 5.74) is 8.51. The molecule has 192 valence electrons. The molecule has 2 saturated heterocycles. The summed E-state index contributed by atoms with van der Waals surface area (Å²) in [6.45, 7) is 6.82. The van der Waals surface area contributed by atoms with E-state index in [0.29, 0.717) is 0 Å². The van der Waals surface area contributed by atoms with Crippen molar-refractivity contribution in [3.8, 4) is 0 Å². The molecule has 3 aromatic carbocycles. The van der Waals surface area contributed by atoms with Crippen LogP contribution < -0.4 is 14.8 Å². The van der Waals surface area contributed by atoms with E-state index in [4.69, 9.17) is 10.1 Å². The highest BCUT2D eigenvalue weighted by Gasteiger charge is 2.31. The van der Waals surface area contributed by atoms with E-state index in [1.807, 2.05) is 0 Å². The summed E-state index contributed by atoms with van der Waals surface area (Å²) >= 11 is 0. The van der Waals surface area contributed by atoms with Crippen molar-refractivity contribution in [3.63, 3.8) is 0 Å². The van der Waals surface area contributed by atoms with E-state index in [9.17, 15) is 0 Å². The predicted octanol–water partition coefficient (Wildman–Crippen LogP) is 7.10. The lowest BCUT2D eigenvalue weighted by atomic mass is 9.97. The Morgan fingerprint density at radius 3 is 1.97 bits per heavy atom. The SMILES string of the molecule is Cc1cc(N2N=C(c3ccc(N4CCCC4)cc3)CC2c2ccc(N3CCCC3)cc2)nc2ccccc12. The Labute approximate surface area is 225 Å². The largest absolute Gasteiger partial charge is 0.372 e. The van der Waals surface area contributed by atoms with Crippen molar-refractivity contribution in [3.05, 3.63) is 95.6 Å². The first-order valence-electron chi connectivity index (χ1n) is 14.2. The van der Waals surface area contributed by atoms with Gasteiger partial charge in [0.05, 0.1) is 17.3 Å². The van der Waals surface area contributed by atoms with Crippen LogP contribution in [0, 0.1) is 6.92 Å². The van der Waals surface area contributed by atoms with Crippen LogP contribution in [-0.2, 0) is 0 Å². The van der Waals surface area contributed by atoms with E-state index >= 15 is 0 Å². The minimum atomic E-state index is 0.115. The molecule has 1 atom stereocenters. The number of pyridine rings is 1. The molecular formula is C33H35N5. The highest BCUT2D eigenvalue weighted by molar-refractivity contribution is 6.03. The van der Waals surface area contributed by atoms with Gasteiger partial charge in [0.25, 0.3) is 0 Å². The summed E-state index contributed by atoms with van der Waals surface area (Å²) in [7, 11) is 0.